The molecule has 3 aromatic rings. The van der Waals surface area contributed by atoms with E-state index in [9.17, 15) is 14.0 Å². The first-order chi connectivity index (χ1) is 15.5. The minimum atomic E-state index is -0.661. The number of carbonyl (C=O) groups excluding carboxylic acids is 2. The summed E-state index contributed by atoms with van der Waals surface area (Å²) in [5, 5.41) is 7.38. The molecule has 0 bridgehead atoms. The fraction of sp³-hybridized carbons (Fsp3) is 0.292. The SMILES string of the molecule is CCCCOc1ccc(N2C(=O)C[C@@H](Nc3cnn(Cc4ccc(F)cc4)c3)C2=O)cc1. The van der Waals surface area contributed by atoms with E-state index in [1.54, 1.807) is 53.5 Å². The molecule has 0 radical (unpaired) electrons. The van der Waals surface area contributed by atoms with Gasteiger partial charge in [-0.2, -0.15) is 5.10 Å². The lowest BCUT2D eigenvalue weighted by Gasteiger charge is -2.16. The van der Waals surface area contributed by atoms with E-state index in [2.05, 4.69) is 17.3 Å². The standard InChI is InChI=1S/C24H25FN4O3/c1-2-3-12-32-21-10-8-20(9-11-21)29-23(30)13-22(24(29)31)27-19-14-26-28(16-19)15-17-4-6-18(25)7-5-17/h4-11,14,16,22,27H,2-3,12-13,15H2,1H3/t22-/m1/s1. The Labute approximate surface area is 185 Å². The number of hydrogen-bond donors (Lipinski definition) is 1. The molecule has 2 amide bonds. The van der Waals surface area contributed by atoms with Crippen LogP contribution in [0.15, 0.2) is 60.9 Å². The van der Waals surface area contributed by atoms with Gasteiger partial charge in [-0.1, -0.05) is 25.5 Å². The van der Waals surface area contributed by atoms with E-state index in [4.69, 9.17) is 4.74 Å². The maximum absolute atomic E-state index is 13.1. The summed E-state index contributed by atoms with van der Waals surface area (Å²) in [6.45, 7) is 3.20. The van der Waals surface area contributed by atoms with Crippen LogP contribution in [0, 0.1) is 5.82 Å². The van der Waals surface area contributed by atoms with Crippen LogP contribution in [0.1, 0.15) is 31.7 Å². The molecule has 4 rings (SSSR count). The largest absolute Gasteiger partial charge is 0.494 e. The molecule has 0 spiro atoms. The number of imide groups is 1. The van der Waals surface area contributed by atoms with Crippen molar-refractivity contribution in [2.24, 2.45) is 0 Å². The van der Waals surface area contributed by atoms with Crippen molar-refractivity contribution in [3.05, 3.63) is 72.3 Å². The average molecular weight is 436 g/mol. The highest BCUT2D eigenvalue weighted by Gasteiger charge is 2.39. The van der Waals surface area contributed by atoms with Crippen LogP contribution in [0.25, 0.3) is 0 Å². The molecule has 8 heteroatoms. The molecule has 0 aliphatic carbocycles. The minimum Gasteiger partial charge on any atom is -0.494 e. The summed E-state index contributed by atoms with van der Waals surface area (Å²) in [5.41, 5.74) is 2.07. The Morgan fingerprint density at radius 1 is 1.12 bits per heavy atom. The highest BCUT2D eigenvalue weighted by Crippen LogP contribution is 2.27. The van der Waals surface area contributed by atoms with Gasteiger partial charge in [0, 0.05) is 6.20 Å². The summed E-state index contributed by atoms with van der Waals surface area (Å²) < 4.78 is 20.4. The van der Waals surface area contributed by atoms with E-state index < -0.39 is 6.04 Å². The summed E-state index contributed by atoms with van der Waals surface area (Å²) >= 11 is 0. The maximum Gasteiger partial charge on any atom is 0.256 e. The predicted molar refractivity (Wildman–Crippen MR) is 119 cm³/mol. The molecule has 2 aromatic carbocycles. The number of nitrogens with one attached hydrogen (secondary N) is 1. The molecule has 166 valence electrons. The third-order valence-corrected chi connectivity index (χ3v) is 5.24. The molecular formula is C24H25FN4O3. The van der Waals surface area contributed by atoms with Crippen LogP contribution in [-0.4, -0.2) is 34.2 Å². The number of benzene rings is 2. The summed E-state index contributed by atoms with van der Waals surface area (Å²) in [6.07, 6.45) is 5.45. The number of ether oxygens (including phenoxy) is 1. The predicted octanol–water partition coefficient (Wildman–Crippen LogP) is 3.99. The van der Waals surface area contributed by atoms with Gasteiger partial charge < -0.3 is 10.1 Å². The van der Waals surface area contributed by atoms with Gasteiger partial charge in [0.1, 0.15) is 17.6 Å². The molecular weight excluding hydrogens is 411 g/mol. The molecule has 1 saturated heterocycles. The van der Waals surface area contributed by atoms with Crippen LogP contribution in [0.4, 0.5) is 15.8 Å². The molecule has 1 fully saturated rings. The van der Waals surface area contributed by atoms with E-state index in [0.29, 0.717) is 30.3 Å². The summed E-state index contributed by atoms with van der Waals surface area (Å²) in [6, 6.07) is 12.5. The first-order valence-corrected chi connectivity index (χ1v) is 10.7. The van der Waals surface area contributed by atoms with Gasteiger partial charge in [-0.25, -0.2) is 9.29 Å². The molecule has 1 N–H and O–H groups in total. The van der Waals surface area contributed by atoms with Crippen LogP contribution >= 0.6 is 0 Å². The number of nitrogens with zero attached hydrogens (tertiary/aromatic N) is 3. The van der Waals surface area contributed by atoms with E-state index >= 15 is 0 Å². The van der Waals surface area contributed by atoms with Crippen LogP contribution in [0.5, 0.6) is 5.75 Å². The first-order valence-electron chi connectivity index (χ1n) is 10.7. The summed E-state index contributed by atoms with van der Waals surface area (Å²) in [4.78, 5) is 26.6. The number of unbranched alkanes of at least 4 members (excludes halogenated alkanes) is 1. The Balaban J connectivity index is 1.38. The van der Waals surface area contributed by atoms with Crippen molar-refractivity contribution >= 4 is 23.2 Å². The zero-order chi connectivity index (χ0) is 22.5. The lowest BCUT2D eigenvalue weighted by atomic mass is 10.2. The fourth-order valence-electron chi connectivity index (χ4n) is 3.54. The van der Waals surface area contributed by atoms with Crippen LogP contribution in [0.2, 0.25) is 0 Å². The molecule has 32 heavy (non-hydrogen) atoms. The normalized spacial score (nSPS) is 15.9. The monoisotopic (exact) mass is 436 g/mol. The van der Waals surface area contributed by atoms with E-state index in [-0.39, 0.29) is 24.1 Å². The average Bonchev–Trinajstić information content (AvgIpc) is 3.34. The van der Waals surface area contributed by atoms with E-state index in [0.717, 1.165) is 18.4 Å². The molecule has 1 aliphatic heterocycles. The minimum absolute atomic E-state index is 0.0662. The quantitative estimate of drug-likeness (QED) is 0.405. The summed E-state index contributed by atoms with van der Waals surface area (Å²) in [7, 11) is 0. The smallest absolute Gasteiger partial charge is 0.256 e. The van der Waals surface area contributed by atoms with Gasteiger partial charge in [0.15, 0.2) is 0 Å². The van der Waals surface area contributed by atoms with Gasteiger partial charge in [-0.3, -0.25) is 14.3 Å². The van der Waals surface area contributed by atoms with Gasteiger partial charge in [-0.15, -0.1) is 0 Å². The number of rotatable bonds is 9. The van der Waals surface area contributed by atoms with Crippen LogP contribution in [0.3, 0.4) is 0 Å². The Bertz CT molecular complexity index is 1080. The zero-order valence-electron chi connectivity index (χ0n) is 17.8. The van der Waals surface area contributed by atoms with Crippen molar-refractivity contribution in [1.82, 2.24) is 9.78 Å². The summed E-state index contributed by atoms with van der Waals surface area (Å²) in [5.74, 6) is -0.138. The number of hydrogen-bond acceptors (Lipinski definition) is 5. The van der Waals surface area contributed by atoms with Crippen molar-refractivity contribution in [2.45, 2.75) is 38.8 Å². The van der Waals surface area contributed by atoms with Gasteiger partial charge in [-0.05, 0) is 48.4 Å². The number of amides is 2. The Morgan fingerprint density at radius 3 is 2.59 bits per heavy atom. The number of halogens is 1. The molecule has 2 heterocycles. The second-order valence-electron chi connectivity index (χ2n) is 7.72. The first kappa shape index (κ1) is 21.5. The van der Waals surface area contributed by atoms with Gasteiger partial charge in [0.25, 0.3) is 5.91 Å². The van der Waals surface area contributed by atoms with E-state index in [1.165, 1.54) is 17.0 Å². The highest BCUT2D eigenvalue weighted by atomic mass is 19.1. The fourth-order valence-corrected chi connectivity index (χ4v) is 3.54. The Morgan fingerprint density at radius 2 is 1.88 bits per heavy atom. The van der Waals surface area contributed by atoms with Crippen molar-refractivity contribution < 1.29 is 18.7 Å². The maximum atomic E-state index is 13.1. The second-order valence-corrected chi connectivity index (χ2v) is 7.72. The number of anilines is 2. The highest BCUT2D eigenvalue weighted by molar-refractivity contribution is 6.23. The van der Waals surface area contributed by atoms with Gasteiger partial charge in [0.05, 0.1) is 37.1 Å². The van der Waals surface area contributed by atoms with Crippen molar-refractivity contribution in [3.8, 4) is 5.75 Å². The molecule has 7 nitrogen and oxygen atoms in total. The Kier molecular flexibility index (Phi) is 6.49. The van der Waals surface area contributed by atoms with Crippen molar-refractivity contribution in [2.75, 3.05) is 16.8 Å². The van der Waals surface area contributed by atoms with Crippen LogP contribution < -0.4 is 15.0 Å². The number of carbonyl (C=O) groups is 2. The number of aromatic nitrogens is 2. The lowest BCUT2D eigenvalue weighted by molar-refractivity contribution is -0.121. The third kappa shape index (κ3) is 4.96. The molecule has 1 aromatic heterocycles. The Hall–Kier alpha value is -3.68. The third-order valence-electron chi connectivity index (χ3n) is 5.24. The molecule has 1 atom stereocenters. The lowest BCUT2D eigenvalue weighted by Crippen LogP contribution is -2.34. The molecule has 0 unspecified atom stereocenters. The van der Waals surface area contributed by atoms with Crippen molar-refractivity contribution in [3.63, 3.8) is 0 Å². The van der Waals surface area contributed by atoms with Crippen LogP contribution in [-0.2, 0) is 16.1 Å². The molecule has 1 aliphatic rings. The van der Waals surface area contributed by atoms with Crippen molar-refractivity contribution in [1.29, 1.82) is 0 Å². The van der Waals surface area contributed by atoms with E-state index in [1.807, 2.05) is 0 Å². The topological polar surface area (TPSA) is 76.5 Å². The molecule has 0 saturated carbocycles. The van der Waals surface area contributed by atoms with Gasteiger partial charge >= 0.3 is 0 Å². The van der Waals surface area contributed by atoms with Gasteiger partial charge in [0.2, 0.25) is 5.91 Å². The second kappa shape index (κ2) is 9.64. The zero-order valence-corrected chi connectivity index (χ0v) is 17.8.